The lowest BCUT2D eigenvalue weighted by molar-refractivity contribution is 0.105. The molecule has 1 aromatic heterocycles. The van der Waals surface area contributed by atoms with E-state index in [0.717, 1.165) is 25.3 Å². The molecule has 4 heteroatoms. The highest BCUT2D eigenvalue weighted by Crippen LogP contribution is 2.30. The van der Waals surface area contributed by atoms with Crippen LogP contribution in [0.4, 0.5) is 0 Å². The number of thiazole rings is 1. The van der Waals surface area contributed by atoms with E-state index in [2.05, 4.69) is 15.9 Å². The molecule has 0 unspecified atom stereocenters. The number of nitrogens with zero attached hydrogens (tertiary/aromatic N) is 1. The molecule has 0 N–H and O–H groups in total. The van der Waals surface area contributed by atoms with Gasteiger partial charge in [0, 0.05) is 10.0 Å². The average molecular weight is 420 g/mol. The fourth-order valence-electron chi connectivity index (χ4n) is 2.68. The van der Waals surface area contributed by atoms with Crippen LogP contribution in [0.25, 0.3) is 21.9 Å². The number of hydrogen-bond donors (Lipinski definition) is 0. The maximum atomic E-state index is 13.2. The van der Waals surface area contributed by atoms with Crippen molar-refractivity contribution in [2.45, 2.75) is 0 Å². The van der Waals surface area contributed by atoms with Crippen LogP contribution >= 0.6 is 27.3 Å². The maximum Gasteiger partial charge on any atom is 0.196 e. The number of rotatable bonds is 4. The van der Waals surface area contributed by atoms with Crippen LogP contribution < -0.4 is 0 Å². The van der Waals surface area contributed by atoms with Crippen molar-refractivity contribution in [3.63, 3.8) is 0 Å². The van der Waals surface area contributed by atoms with Crippen LogP contribution in [0.15, 0.2) is 83.3 Å². The Balaban J connectivity index is 1.85. The molecule has 0 fully saturated rings. The molecule has 0 bridgehead atoms. The topological polar surface area (TPSA) is 30.0 Å². The second kappa shape index (κ2) is 7.36. The van der Waals surface area contributed by atoms with Crippen LogP contribution in [-0.4, -0.2) is 10.8 Å². The summed E-state index contributed by atoms with van der Waals surface area (Å²) in [5.74, 6) is -0.0208. The minimum Gasteiger partial charge on any atom is -0.288 e. The number of ketones is 1. The first kappa shape index (κ1) is 16.9. The van der Waals surface area contributed by atoms with E-state index in [-0.39, 0.29) is 5.78 Å². The number of carbonyl (C=O) groups is 1. The summed E-state index contributed by atoms with van der Waals surface area (Å²) in [7, 11) is 0. The zero-order valence-corrected chi connectivity index (χ0v) is 16.1. The van der Waals surface area contributed by atoms with Gasteiger partial charge in [0.2, 0.25) is 0 Å². The molecule has 0 atom stereocenters. The number of Topliss-reactive ketones (excluding diaryl/α,β-unsaturated/α-hetero) is 1. The highest BCUT2D eigenvalue weighted by molar-refractivity contribution is 9.10. The second-order valence-electron chi connectivity index (χ2n) is 5.79. The van der Waals surface area contributed by atoms with Gasteiger partial charge in [-0.2, -0.15) is 0 Å². The van der Waals surface area contributed by atoms with Crippen molar-refractivity contribution in [1.82, 2.24) is 4.98 Å². The van der Waals surface area contributed by atoms with Gasteiger partial charge in [-0.3, -0.25) is 4.79 Å². The van der Waals surface area contributed by atoms with Crippen LogP contribution in [-0.2, 0) is 0 Å². The van der Waals surface area contributed by atoms with E-state index < -0.39 is 0 Å². The Bertz CT molecular complexity index is 1060. The molecule has 2 nitrogen and oxygen atoms in total. The molecule has 0 aliphatic carbocycles. The number of halogens is 1. The number of para-hydroxylation sites is 1. The van der Waals surface area contributed by atoms with Gasteiger partial charge >= 0.3 is 0 Å². The van der Waals surface area contributed by atoms with Gasteiger partial charge in [-0.15, -0.1) is 11.3 Å². The normalized spacial score (nSPS) is 11.7. The lowest BCUT2D eigenvalue weighted by Crippen LogP contribution is -2.02. The predicted molar refractivity (Wildman–Crippen MR) is 112 cm³/mol. The van der Waals surface area contributed by atoms with Crippen LogP contribution in [0.2, 0.25) is 0 Å². The Morgan fingerprint density at radius 1 is 0.885 bits per heavy atom. The molecule has 1 heterocycles. The molecule has 126 valence electrons. The summed E-state index contributed by atoms with van der Waals surface area (Å²) in [4.78, 5) is 17.9. The highest BCUT2D eigenvalue weighted by atomic mass is 79.9. The molecule has 0 spiro atoms. The SMILES string of the molecule is O=C(C(=Cc1ccc(Br)cc1)c1nc2ccccc2s1)c1ccccc1. The minimum atomic E-state index is -0.0208. The third-order valence-corrected chi connectivity index (χ3v) is 5.58. The van der Waals surface area contributed by atoms with Crippen molar-refractivity contribution in [1.29, 1.82) is 0 Å². The van der Waals surface area contributed by atoms with Crippen molar-refractivity contribution in [3.8, 4) is 0 Å². The van der Waals surface area contributed by atoms with E-state index >= 15 is 0 Å². The Morgan fingerprint density at radius 2 is 1.58 bits per heavy atom. The number of fused-ring (bicyclic) bond motifs is 1. The molecule has 0 aliphatic heterocycles. The monoisotopic (exact) mass is 419 g/mol. The molecular weight excluding hydrogens is 406 g/mol. The predicted octanol–water partition coefficient (Wildman–Crippen LogP) is 6.48. The van der Waals surface area contributed by atoms with E-state index in [0.29, 0.717) is 11.1 Å². The van der Waals surface area contributed by atoms with Gasteiger partial charge in [0.1, 0.15) is 5.01 Å². The summed E-state index contributed by atoms with van der Waals surface area (Å²) >= 11 is 4.99. The average Bonchev–Trinajstić information content (AvgIpc) is 3.11. The van der Waals surface area contributed by atoms with E-state index in [4.69, 9.17) is 4.98 Å². The number of hydrogen-bond acceptors (Lipinski definition) is 3. The van der Waals surface area contributed by atoms with E-state index in [1.165, 1.54) is 0 Å². The first-order valence-corrected chi connectivity index (χ1v) is 9.74. The Kier molecular flexibility index (Phi) is 4.78. The first-order valence-electron chi connectivity index (χ1n) is 8.14. The Morgan fingerprint density at radius 3 is 2.31 bits per heavy atom. The van der Waals surface area contributed by atoms with Gasteiger partial charge in [0.25, 0.3) is 0 Å². The summed E-state index contributed by atoms with van der Waals surface area (Å²) < 4.78 is 2.08. The zero-order chi connectivity index (χ0) is 17.9. The standard InChI is InChI=1S/C22H14BrNOS/c23-17-12-10-15(11-13-17)14-18(21(25)16-6-2-1-3-7-16)22-24-19-8-4-5-9-20(19)26-22/h1-14H. The lowest BCUT2D eigenvalue weighted by Gasteiger charge is -2.05. The molecule has 4 aromatic rings. The smallest absolute Gasteiger partial charge is 0.196 e. The van der Waals surface area contributed by atoms with Crippen LogP contribution in [0, 0.1) is 0 Å². The van der Waals surface area contributed by atoms with Gasteiger partial charge in [-0.1, -0.05) is 70.5 Å². The van der Waals surface area contributed by atoms with Gasteiger partial charge in [0.15, 0.2) is 5.78 Å². The molecule has 0 saturated heterocycles. The molecule has 0 radical (unpaired) electrons. The second-order valence-corrected chi connectivity index (χ2v) is 7.74. The Labute approximate surface area is 164 Å². The van der Waals surface area contributed by atoms with Crippen molar-refractivity contribution in [2.75, 3.05) is 0 Å². The third-order valence-electron chi connectivity index (χ3n) is 3.99. The van der Waals surface area contributed by atoms with E-state index in [1.54, 1.807) is 11.3 Å². The van der Waals surface area contributed by atoms with Gasteiger partial charge in [-0.05, 0) is 35.9 Å². The quantitative estimate of drug-likeness (QED) is 0.279. The zero-order valence-electron chi connectivity index (χ0n) is 13.7. The van der Waals surface area contributed by atoms with Crippen LogP contribution in [0.3, 0.4) is 0 Å². The fourth-order valence-corrected chi connectivity index (χ4v) is 3.93. The molecule has 3 aromatic carbocycles. The summed E-state index contributed by atoms with van der Waals surface area (Å²) in [6, 6.07) is 25.2. The molecule has 4 rings (SSSR count). The summed E-state index contributed by atoms with van der Waals surface area (Å²) in [6.45, 7) is 0. The number of allylic oxidation sites excluding steroid dienone is 1. The van der Waals surface area contributed by atoms with Crippen LogP contribution in [0.5, 0.6) is 0 Å². The molecule has 26 heavy (non-hydrogen) atoms. The van der Waals surface area contributed by atoms with Gasteiger partial charge < -0.3 is 0 Å². The van der Waals surface area contributed by atoms with Gasteiger partial charge in [0.05, 0.1) is 15.8 Å². The molecule has 0 aliphatic rings. The molecular formula is C22H14BrNOS. The summed E-state index contributed by atoms with van der Waals surface area (Å²) in [5.41, 5.74) is 3.15. The summed E-state index contributed by atoms with van der Waals surface area (Å²) in [6.07, 6.45) is 1.92. The minimum absolute atomic E-state index is 0.0208. The van der Waals surface area contributed by atoms with Gasteiger partial charge in [-0.25, -0.2) is 4.98 Å². The lowest BCUT2D eigenvalue weighted by atomic mass is 10.0. The maximum absolute atomic E-state index is 13.2. The number of aromatic nitrogens is 1. The van der Waals surface area contributed by atoms with Crippen molar-refractivity contribution in [2.24, 2.45) is 0 Å². The third kappa shape index (κ3) is 3.52. The first-order chi connectivity index (χ1) is 12.7. The van der Waals surface area contributed by atoms with Crippen molar-refractivity contribution < 1.29 is 4.79 Å². The number of carbonyl (C=O) groups excluding carboxylic acids is 1. The summed E-state index contributed by atoms with van der Waals surface area (Å²) in [5, 5.41) is 0.739. The largest absolute Gasteiger partial charge is 0.288 e. The van der Waals surface area contributed by atoms with E-state index in [9.17, 15) is 4.79 Å². The highest BCUT2D eigenvalue weighted by Gasteiger charge is 2.18. The molecule has 0 amide bonds. The Hall–Kier alpha value is -2.56. The molecule has 0 saturated carbocycles. The fraction of sp³-hybridized carbons (Fsp3) is 0. The number of benzene rings is 3. The van der Waals surface area contributed by atoms with Crippen molar-refractivity contribution in [3.05, 3.63) is 99.5 Å². The van der Waals surface area contributed by atoms with Crippen molar-refractivity contribution >= 4 is 54.9 Å². The van der Waals surface area contributed by atoms with Crippen LogP contribution in [0.1, 0.15) is 20.9 Å². The van der Waals surface area contributed by atoms with E-state index in [1.807, 2.05) is 84.9 Å².